The Morgan fingerprint density at radius 2 is 2.05 bits per heavy atom. The number of nitrogens with one attached hydrogen (secondary N) is 1. The molecule has 1 saturated carbocycles. The fourth-order valence-electron chi connectivity index (χ4n) is 3.04. The van der Waals surface area contributed by atoms with Crippen LogP contribution < -0.4 is 5.43 Å². The Balaban J connectivity index is 1.79. The van der Waals surface area contributed by atoms with Crippen LogP contribution in [0.3, 0.4) is 0 Å². The largest absolute Gasteiger partial charge is 0.346 e. The Bertz CT molecular complexity index is 676. The van der Waals surface area contributed by atoms with Crippen molar-refractivity contribution in [1.29, 1.82) is 0 Å². The van der Waals surface area contributed by atoms with Gasteiger partial charge in [0.15, 0.2) is 0 Å². The van der Waals surface area contributed by atoms with E-state index in [1.165, 1.54) is 25.7 Å². The van der Waals surface area contributed by atoms with E-state index in [2.05, 4.69) is 25.5 Å². The first-order chi connectivity index (χ1) is 9.43. The van der Waals surface area contributed by atoms with Gasteiger partial charge in [-0.15, -0.1) is 0 Å². The predicted molar refractivity (Wildman–Crippen MR) is 73.4 cm³/mol. The zero-order valence-electron chi connectivity index (χ0n) is 10.5. The molecule has 4 rings (SSSR count). The van der Waals surface area contributed by atoms with E-state index in [1.54, 1.807) is 6.33 Å². The molecule has 0 amide bonds. The van der Waals surface area contributed by atoms with E-state index >= 15 is 0 Å². The fourth-order valence-corrected chi connectivity index (χ4v) is 3.04. The molecule has 1 fully saturated rings. The molecule has 1 N–H and O–H groups in total. The van der Waals surface area contributed by atoms with Crippen molar-refractivity contribution in [3.05, 3.63) is 30.5 Å². The summed E-state index contributed by atoms with van der Waals surface area (Å²) in [6.45, 7) is 0. The van der Waals surface area contributed by atoms with E-state index in [1.807, 2.05) is 18.5 Å². The molecule has 1 aliphatic heterocycles. The summed E-state index contributed by atoms with van der Waals surface area (Å²) < 4.78 is 0. The fraction of sp³-hybridized carbons (Fsp3) is 0.357. The maximum absolute atomic E-state index is 4.44. The van der Waals surface area contributed by atoms with Gasteiger partial charge in [-0.05, 0) is 18.9 Å². The second-order valence-electron chi connectivity index (χ2n) is 5.09. The lowest BCUT2D eigenvalue weighted by atomic mass is 9.93. The number of nitrogens with zero attached hydrogens (tertiary/aromatic N) is 4. The molecule has 3 heterocycles. The lowest BCUT2D eigenvalue weighted by molar-refractivity contribution is 0.727. The van der Waals surface area contributed by atoms with Gasteiger partial charge in [0.2, 0.25) is 0 Å². The van der Waals surface area contributed by atoms with Gasteiger partial charge in [-0.2, -0.15) is 10.5 Å². The van der Waals surface area contributed by atoms with Crippen LogP contribution in [-0.2, 0) is 0 Å². The second kappa shape index (κ2) is 4.19. The van der Waals surface area contributed by atoms with Gasteiger partial charge >= 0.3 is 0 Å². The molecule has 5 heteroatoms. The van der Waals surface area contributed by atoms with Crippen LogP contribution in [0.25, 0.3) is 16.6 Å². The number of aromatic amines is 1. The zero-order valence-corrected chi connectivity index (χ0v) is 10.5. The monoisotopic (exact) mass is 252 g/mol. The first kappa shape index (κ1) is 10.7. The van der Waals surface area contributed by atoms with Gasteiger partial charge in [0.05, 0.1) is 17.6 Å². The summed E-state index contributed by atoms with van der Waals surface area (Å²) in [5.41, 5.74) is 8.10. The van der Waals surface area contributed by atoms with Crippen LogP contribution in [0.4, 0.5) is 0 Å². The smallest absolute Gasteiger partial charge is 0.141 e. The van der Waals surface area contributed by atoms with Crippen LogP contribution in [0.2, 0.25) is 0 Å². The molecule has 2 aliphatic rings. The van der Waals surface area contributed by atoms with Crippen LogP contribution in [0.1, 0.15) is 31.4 Å². The first-order valence-electron chi connectivity index (χ1n) is 6.70. The number of H-pyrrole nitrogens is 1. The Kier molecular flexibility index (Phi) is 2.36. The van der Waals surface area contributed by atoms with Gasteiger partial charge in [0.25, 0.3) is 0 Å². The number of hydrogen-bond acceptors (Lipinski definition) is 3. The highest BCUT2D eigenvalue weighted by Crippen LogP contribution is 2.34. The molecule has 2 aromatic heterocycles. The molecule has 0 spiro atoms. The van der Waals surface area contributed by atoms with Crippen molar-refractivity contribution in [2.45, 2.75) is 25.7 Å². The highest BCUT2D eigenvalue weighted by molar-refractivity contribution is 6.27. The van der Waals surface area contributed by atoms with E-state index in [4.69, 9.17) is 0 Å². The lowest BCUT2D eigenvalue weighted by Crippen LogP contribution is -2.12. The van der Waals surface area contributed by atoms with Gasteiger partial charge < -0.3 is 4.98 Å². The van der Waals surface area contributed by atoms with Gasteiger partial charge in [-0.3, -0.25) is 0 Å². The molecule has 0 unspecified atom stereocenters. The molecule has 0 bridgehead atoms. The van der Waals surface area contributed by atoms with Gasteiger partial charge in [0, 0.05) is 23.1 Å². The molecule has 5 nitrogen and oxygen atoms in total. The van der Waals surface area contributed by atoms with E-state index in [-0.39, 0.29) is 0 Å². The molecule has 1 radical (unpaired) electrons. The van der Waals surface area contributed by atoms with Gasteiger partial charge in [-0.1, -0.05) is 12.8 Å². The Labute approximate surface area is 110 Å². The quantitative estimate of drug-likeness (QED) is 0.892. The van der Waals surface area contributed by atoms with Crippen molar-refractivity contribution in [2.75, 3.05) is 0 Å². The summed E-state index contributed by atoms with van der Waals surface area (Å²) >= 11 is 0. The van der Waals surface area contributed by atoms with Crippen molar-refractivity contribution in [1.82, 2.24) is 20.4 Å². The van der Waals surface area contributed by atoms with Crippen LogP contribution in [0, 0.1) is 5.92 Å². The summed E-state index contributed by atoms with van der Waals surface area (Å²) in [4.78, 5) is 11.8. The maximum atomic E-state index is 4.44. The van der Waals surface area contributed by atoms with Crippen molar-refractivity contribution in [2.24, 2.45) is 11.0 Å². The van der Waals surface area contributed by atoms with Crippen LogP contribution in [-0.4, -0.2) is 20.7 Å². The normalized spacial score (nSPS) is 19.6. The van der Waals surface area contributed by atoms with Crippen molar-refractivity contribution < 1.29 is 0 Å². The average molecular weight is 252 g/mol. The minimum atomic E-state index is 0.543. The van der Waals surface area contributed by atoms with Gasteiger partial charge in [0.1, 0.15) is 12.0 Å². The summed E-state index contributed by atoms with van der Waals surface area (Å²) in [6, 6.07) is 2.01. The predicted octanol–water partition coefficient (Wildman–Crippen LogP) is 2.46. The van der Waals surface area contributed by atoms with E-state index in [0.29, 0.717) is 5.92 Å². The third-order valence-electron chi connectivity index (χ3n) is 3.98. The van der Waals surface area contributed by atoms with Gasteiger partial charge in [-0.25, -0.2) is 9.97 Å². The number of hydrogen-bond donors (Lipinski definition) is 1. The molecule has 1 aliphatic carbocycles. The summed E-state index contributed by atoms with van der Waals surface area (Å²) in [6.07, 6.45) is 10.3. The third kappa shape index (κ3) is 1.65. The Morgan fingerprint density at radius 3 is 2.95 bits per heavy atom. The molecule has 0 atom stereocenters. The molecule has 19 heavy (non-hydrogen) atoms. The number of allylic oxidation sites excluding steroid dienone is 1. The number of rotatable bonds is 2. The second-order valence-corrected chi connectivity index (χ2v) is 5.09. The maximum Gasteiger partial charge on any atom is 0.141 e. The highest BCUT2D eigenvalue weighted by Gasteiger charge is 2.28. The summed E-state index contributed by atoms with van der Waals surface area (Å²) in [7, 11) is 0. The lowest BCUT2D eigenvalue weighted by Gasteiger charge is -2.11. The molecule has 0 saturated heterocycles. The Morgan fingerprint density at radius 1 is 1.16 bits per heavy atom. The third-order valence-corrected chi connectivity index (χ3v) is 3.98. The number of fused-ring (bicyclic) bond motifs is 1. The van der Waals surface area contributed by atoms with Crippen LogP contribution >= 0.6 is 0 Å². The first-order valence-corrected chi connectivity index (χ1v) is 6.70. The Hall–Kier alpha value is -2.17. The van der Waals surface area contributed by atoms with E-state index in [9.17, 15) is 0 Å². The van der Waals surface area contributed by atoms with Crippen molar-refractivity contribution in [3.63, 3.8) is 0 Å². The summed E-state index contributed by atoms with van der Waals surface area (Å²) in [5, 5.41) is 5.38. The molecular weight excluding hydrogens is 238 g/mol. The molecule has 0 aromatic carbocycles. The summed E-state index contributed by atoms with van der Waals surface area (Å²) in [5.74, 6) is 0.543. The molecular formula is C14H14N5. The topological polar surface area (TPSA) is 68.0 Å². The van der Waals surface area contributed by atoms with E-state index in [0.717, 1.165) is 28.0 Å². The van der Waals surface area contributed by atoms with Crippen molar-refractivity contribution >= 4 is 22.3 Å². The molecule has 2 aromatic rings. The van der Waals surface area contributed by atoms with Crippen LogP contribution in [0.5, 0.6) is 0 Å². The van der Waals surface area contributed by atoms with Crippen molar-refractivity contribution in [3.8, 4) is 0 Å². The SMILES string of the molecule is C1=C(c2ncnc3[nH]ccc23)C(C2CCCC2)=N[N]1. The average Bonchev–Trinajstić information content (AvgIpc) is 3.18. The minimum absolute atomic E-state index is 0.543. The molecule has 95 valence electrons. The zero-order chi connectivity index (χ0) is 12.7. The highest BCUT2D eigenvalue weighted by atomic mass is 15.3. The van der Waals surface area contributed by atoms with Crippen LogP contribution in [0.15, 0.2) is 29.9 Å². The van der Waals surface area contributed by atoms with E-state index < -0.39 is 0 Å². The number of aromatic nitrogens is 3. The standard InChI is InChI=1S/C14H14N5/c1-2-4-9(3-1)12-11(7-18-19-12)13-10-5-6-15-14(10)17-8-16-13/h5-9H,1-4H2,(H,15,16,17). The minimum Gasteiger partial charge on any atom is -0.346 e.